The van der Waals surface area contributed by atoms with Gasteiger partial charge in [0.25, 0.3) is 0 Å². The summed E-state index contributed by atoms with van der Waals surface area (Å²) < 4.78 is 0. The summed E-state index contributed by atoms with van der Waals surface area (Å²) in [7, 11) is 2.06. The fraction of sp³-hybridized carbons (Fsp3) is 0.143. The van der Waals surface area contributed by atoms with Gasteiger partial charge in [0.2, 0.25) is 0 Å². The first kappa shape index (κ1) is 11.3. The van der Waals surface area contributed by atoms with Gasteiger partial charge >= 0.3 is 0 Å². The summed E-state index contributed by atoms with van der Waals surface area (Å²) in [5.41, 5.74) is 10.0. The average molecular weight is 225 g/mol. The van der Waals surface area contributed by atoms with Gasteiger partial charge in [0.05, 0.1) is 5.69 Å². The highest BCUT2D eigenvalue weighted by Crippen LogP contribution is 2.19. The molecule has 0 aliphatic rings. The first-order valence-electron chi connectivity index (χ1n) is 5.52. The lowest BCUT2D eigenvalue weighted by Gasteiger charge is -2.19. The van der Waals surface area contributed by atoms with E-state index in [0.717, 1.165) is 12.2 Å². The summed E-state index contributed by atoms with van der Waals surface area (Å²) in [5.74, 6) is 0. The predicted octanol–water partition coefficient (Wildman–Crippen LogP) is 3.99. The third-order valence-corrected chi connectivity index (χ3v) is 2.68. The molecular weight excluding hydrogens is 210 g/mol. The first-order chi connectivity index (χ1) is 8.29. The highest BCUT2D eigenvalue weighted by Gasteiger charge is 2.01. The largest absolute Gasteiger partial charge is 0.370 e. The Bertz CT molecular complexity index is 477. The van der Waals surface area contributed by atoms with Crippen molar-refractivity contribution < 1.29 is 0 Å². The fourth-order valence-corrected chi connectivity index (χ4v) is 1.73. The van der Waals surface area contributed by atoms with Crippen LogP contribution in [-0.4, -0.2) is 7.05 Å². The van der Waals surface area contributed by atoms with E-state index in [2.05, 4.69) is 29.2 Å². The molecule has 2 aromatic carbocycles. The highest BCUT2D eigenvalue weighted by molar-refractivity contribution is 5.52. The Balaban J connectivity index is 2.09. The summed E-state index contributed by atoms with van der Waals surface area (Å²) in [5, 5.41) is 3.39. The Morgan fingerprint density at radius 2 is 1.65 bits per heavy atom. The Morgan fingerprint density at radius 3 is 2.24 bits per heavy atom. The molecule has 0 bridgehead atoms. The third kappa shape index (κ3) is 2.91. The standard InChI is InChI=1S/C14H15N3/c1-17(11-12-5-3-2-4-6-12)14-9-7-13(16-15)8-10-14/h2-10,15H,11H2,1H3. The van der Waals surface area contributed by atoms with Crippen LogP contribution in [0.1, 0.15) is 5.56 Å². The molecule has 0 amide bonds. The zero-order chi connectivity index (χ0) is 12.1. The second-order valence-corrected chi connectivity index (χ2v) is 3.97. The van der Waals surface area contributed by atoms with Crippen molar-refractivity contribution in [2.24, 2.45) is 5.11 Å². The maximum atomic E-state index is 6.91. The summed E-state index contributed by atoms with van der Waals surface area (Å²) in [6.07, 6.45) is 0. The van der Waals surface area contributed by atoms with Gasteiger partial charge in [-0.15, -0.1) is 0 Å². The number of rotatable bonds is 4. The smallest absolute Gasteiger partial charge is 0.0851 e. The number of hydrogen-bond acceptors (Lipinski definition) is 3. The lowest BCUT2D eigenvalue weighted by atomic mass is 10.2. The maximum Gasteiger partial charge on any atom is 0.0851 e. The van der Waals surface area contributed by atoms with Crippen molar-refractivity contribution in [1.29, 1.82) is 5.53 Å². The molecule has 0 unspecified atom stereocenters. The summed E-state index contributed by atoms with van der Waals surface area (Å²) >= 11 is 0. The van der Waals surface area contributed by atoms with Gasteiger partial charge in [0, 0.05) is 19.3 Å². The molecule has 17 heavy (non-hydrogen) atoms. The summed E-state index contributed by atoms with van der Waals surface area (Å²) in [4.78, 5) is 2.17. The van der Waals surface area contributed by atoms with Crippen molar-refractivity contribution in [3.63, 3.8) is 0 Å². The minimum absolute atomic E-state index is 0.682. The van der Waals surface area contributed by atoms with Gasteiger partial charge in [-0.2, -0.15) is 5.11 Å². The van der Waals surface area contributed by atoms with Crippen LogP contribution in [0, 0.1) is 5.53 Å². The van der Waals surface area contributed by atoms with E-state index >= 15 is 0 Å². The van der Waals surface area contributed by atoms with Crippen molar-refractivity contribution in [3.8, 4) is 0 Å². The van der Waals surface area contributed by atoms with E-state index in [1.54, 1.807) is 0 Å². The molecule has 0 atom stereocenters. The number of nitrogens with zero attached hydrogens (tertiary/aromatic N) is 2. The molecule has 0 saturated heterocycles. The molecule has 2 aromatic rings. The van der Waals surface area contributed by atoms with Crippen LogP contribution in [0.25, 0.3) is 0 Å². The van der Waals surface area contributed by atoms with Gasteiger partial charge in [-0.1, -0.05) is 30.3 Å². The SMILES string of the molecule is CN(Cc1ccccc1)c1ccc(N=N)cc1. The van der Waals surface area contributed by atoms with E-state index < -0.39 is 0 Å². The van der Waals surface area contributed by atoms with Crippen molar-refractivity contribution >= 4 is 11.4 Å². The Morgan fingerprint density at radius 1 is 1.00 bits per heavy atom. The molecule has 1 N–H and O–H groups in total. The zero-order valence-electron chi connectivity index (χ0n) is 9.80. The molecular formula is C14H15N3. The average Bonchev–Trinajstić information content (AvgIpc) is 2.40. The fourth-order valence-electron chi connectivity index (χ4n) is 1.73. The van der Waals surface area contributed by atoms with Gasteiger partial charge in [0.1, 0.15) is 0 Å². The van der Waals surface area contributed by atoms with Crippen LogP contribution in [0.5, 0.6) is 0 Å². The van der Waals surface area contributed by atoms with Crippen molar-refractivity contribution in [1.82, 2.24) is 0 Å². The van der Waals surface area contributed by atoms with Crippen LogP contribution in [0.4, 0.5) is 11.4 Å². The molecule has 0 heterocycles. The van der Waals surface area contributed by atoms with Crippen LogP contribution < -0.4 is 4.90 Å². The van der Waals surface area contributed by atoms with Crippen molar-refractivity contribution in [2.45, 2.75) is 6.54 Å². The van der Waals surface area contributed by atoms with E-state index in [-0.39, 0.29) is 0 Å². The van der Waals surface area contributed by atoms with Crippen molar-refractivity contribution in [3.05, 3.63) is 60.2 Å². The van der Waals surface area contributed by atoms with Crippen molar-refractivity contribution in [2.75, 3.05) is 11.9 Å². The third-order valence-electron chi connectivity index (χ3n) is 2.68. The van der Waals surface area contributed by atoms with E-state index in [0.29, 0.717) is 5.69 Å². The van der Waals surface area contributed by atoms with Gasteiger partial charge in [0.15, 0.2) is 0 Å². The van der Waals surface area contributed by atoms with E-state index in [4.69, 9.17) is 5.53 Å². The Hall–Kier alpha value is -2.16. The molecule has 0 saturated carbocycles. The number of nitrogens with one attached hydrogen (secondary N) is 1. The second-order valence-electron chi connectivity index (χ2n) is 3.97. The molecule has 0 aliphatic carbocycles. The van der Waals surface area contributed by atoms with Crippen LogP contribution in [0.2, 0.25) is 0 Å². The number of hydrogen-bond donors (Lipinski definition) is 1. The first-order valence-corrected chi connectivity index (χ1v) is 5.52. The quantitative estimate of drug-likeness (QED) is 0.785. The molecule has 0 aromatic heterocycles. The van der Waals surface area contributed by atoms with E-state index in [9.17, 15) is 0 Å². The lowest BCUT2D eigenvalue weighted by Crippen LogP contribution is -2.15. The summed E-state index contributed by atoms with van der Waals surface area (Å²) in [6, 6.07) is 18.0. The monoisotopic (exact) mass is 225 g/mol. The second kappa shape index (κ2) is 5.25. The van der Waals surface area contributed by atoms with Crippen LogP contribution in [0.15, 0.2) is 59.7 Å². The highest BCUT2D eigenvalue weighted by atomic mass is 15.1. The Kier molecular flexibility index (Phi) is 3.50. The topological polar surface area (TPSA) is 39.5 Å². The Labute approximate surface area is 101 Å². The van der Waals surface area contributed by atoms with Crippen LogP contribution in [0.3, 0.4) is 0 Å². The molecule has 86 valence electrons. The zero-order valence-corrected chi connectivity index (χ0v) is 9.80. The normalized spacial score (nSPS) is 9.94. The predicted molar refractivity (Wildman–Crippen MR) is 69.8 cm³/mol. The molecule has 3 nitrogen and oxygen atoms in total. The van der Waals surface area contributed by atoms with E-state index in [1.165, 1.54) is 5.56 Å². The van der Waals surface area contributed by atoms with E-state index in [1.807, 2.05) is 42.5 Å². The number of benzene rings is 2. The molecule has 2 rings (SSSR count). The maximum absolute atomic E-state index is 6.91. The number of anilines is 1. The van der Waals surface area contributed by atoms with Gasteiger partial charge in [-0.05, 0) is 29.8 Å². The van der Waals surface area contributed by atoms with Crippen LogP contribution in [-0.2, 0) is 6.54 Å². The molecule has 3 heteroatoms. The van der Waals surface area contributed by atoms with Gasteiger partial charge in [-0.25, -0.2) is 5.53 Å². The molecule has 0 radical (unpaired) electrons. The van der Waals surface area contributed by atoms with Gasteiger partial charge < -0.3 is 4.90 Å². The lowest BCUT2D eigenvalue weighted by molar-refractivity contribution is 0.923. The minimum Gasteiger partial charge on any atom is -0.370 e. The molecule has 0 aliphatic heterocycles. The van der Waals surface area contributed by atoms with Crippen LogP contribution >= 0.6 is 0 Å². The molecule has 0 spiro atoms. The molecule has 0 fully saturated rings. The summed E-state index contributed by atoms with van der Waals surface area (Å²) in [6.45, 7) is 0.873. The minimum atomic E-state index is 0.682. The van der Waals surface area contributed by atoms with Gasteiger partial charge in [-0.3, -0.25) is 0 Å².